The van der Waals surface area contributed by atoms with Crippen molar-refractivity contribution in [3.8, 4) is 0 Å². The summed E-state index contributed by atoms with van der Waals surface area (Å²) in [7, 11) is 0. The van der Waals surface area contributed by atoms with Gasteiger partial charge in [-0.1, -0.05) is 13.8 Å². The molecule has 1 atom stereocenters. The average Bonchev–Trinajstić information content (AvgIpc) is 1.65. The van der Waals surface area contributed by atoms with Gasteiger partial charge in [0.25, 0.3) is 5.92 Å². The molecule has 3 heteroatoms. The van der Waals surface area contributed by atoms with Crippen LogP contribution < -0.4 is 0 Å². The molecule has 0 aliphatic heterocycles. The Kier molecular flexibility index (Phi) is 2.55. The molecule has 0 aromatic heterocycles. The van der Waals surface area contributed by atoms with Crippen molar-refractivity contribution in [3.05, 3.63) is 0 Å². The summed E-state index contributed by atoms with van der Waals surface area (Å²) in [6.07, 6.45) is -1.54. The molecule has 0 spiro atoms. The average molecular weight is 138 g/mol. The normalized spacial score (nSPS) is 16.3. The molecule has 0 fully saturated rings. The van der Waals surface area contributed by atoms with Crippen molar-refractivity contribution >= 4 is 0 Å². The lowest BCUT2D eigenvalue weighted by Crippen LogP contribution is -2.36. The van der Waals surface area contributed by atoms with Gasteiger partial charge in [-0.3, -0.25) is 0 Å². The Morgan fingerprint density at radius 2 is 1.56 bits per heavy atom. The molecule has 56 valence electrons. The maximum Gasteiger partial charge on any atom is 0.275 e. The van der Waals surface area contributed by atoms with Crippen molar-refractivity contribution in [3.63, 3.8) is 0 Å². The summed E-state index contributed by atoms with van der Waals surface area (Å²) in [5.41, 5.74) is 0. The second-order valence-electron chi connectivity index (χ2n) is 2.51. The quantitative estimate of drug-likeness (QED) is 0.615. The molecule has 0 saturated carbocycles. The number of rotatable bonds is 2. The first-order chi connectivity index (χ1) is 3.89. The third-order valence-corrected chi connectivity index (χ3v) is 1.33. The lowest BCUT2D eigenvalue weighted by Gasteiger charge is -2.22. The predicted octanol–water partition coefficient (Wildman–Crippen LogP) is 1.66. The molecule has 0 rings (SSSR count). The molecular formula is C6H12F2O. The third-order valence-electron chi connectivity index (χ3n) is 1.33. The van der Waals surface area contributed by atoms with Crippen LogP contribution in [0.5, 0.6) is 0 Å². The van der Waals surface area contributed by atoms with Gasteiger partial charge in [0.1, 0.15) is 6.10 Å². The first-order valence-corrected chi connectivity index (χ1v) is 2.95. The van der Waals surface area contributed by atoms with Gasteiger partial charge in [0, 0.05) is 5.92 Å². The van der Waals surface area contributed by atoms with Crippen molar-refractivity contribution in [1.82, 2.24) is 0 Å². The second-order valence-corrected chi connectivity index (χ2v) is 2.51. The highest BCUT2D eigenvalue weighted by molar-refractivity contribution is 4.75. The van der Waals surface area contributed by atoms with Crippen LogP contribution in [-0.4, -0.2) is 17.1 Å². The zero-order chi connectivity index (χ0) is 7.65. The van der Waals surface area contributed by atoms with Gasteiger partial charge >= 0.3 is 0 Å². The van der Waals surface area contributed by atoms with E-state index in [-0.39, 0.29) is 0 Å². The Morgan fingerprint density at radius 3 is 1.56 bits per heavy atom. The summed E-state index contributed by atoms with van der Waals surface area (Å²) in [6.45, 7) is 3.86. The van der Waals surface area contributed by atoms with E-state index >= 15 is 0 Å². The fraction of sp³-hybridized carbons (Fsp3) is 1.00. The van der Waals surface area contributed by atoms with E-state index in [1.165, 1.54) is 13.8 Å². The Hall–Kier alpha value is -0.180. The summed E-state index contributed by atoms with van der Waals surface area (Å²) in [4.78, 5) is 0. The van der Waals surface area contributed by atoms with E-state index in [2.05, 4.69) is 0 Å². The minimum atomic E-state index is -2.94. The molecule has 0 aliphatic carbocycles. The molecule has 0 saturated heterocycles. The van der Waals surface area contributed by atoms with Crippen LogP contribution in [0.25, 0.3) is 0 Å². The zero-order valence-corrected chi connectivity index (χ0v) is 5.86. The van der Waals surface area contributed by atoms with Gasteiger partial charge in [-0.05, 0) is 6.92 Å². The van der Waals surface area contributed by atoms with Crippen LogP contribution in [0.2, 0.25) is 0 Å². The molecule has 0 bridgehead atoms. The van der Waals surface area contributed by atoms with Crippen LogP contribution in [0.4, 0.5) is 8.78 Å². The number of alkyl halides is 2. The van der Waals surface area contributed by atoms with E-state index in [0.29, 0.717) is 0 Å². The molecule has 0 aliphatic rings. The van der Waals surface area contributed by atoms with Gasteiger partial charge in [-0.15, -0.1) is 0 Å². The smallest absolute Gasteiger partial charge is 0.275 e. The van der Waals surface area contributed by atoms with Crippen molar-refractivity contribution in [2.45, 2.75) is 32.8 Å². The number of hydrogen-bond acceptors (Lipinski definition) is 1. The van der Waals surface area contributed by atoms with E-state index in [4.69, 9.17) is 5.11 Å². The van der Waals surface area contributed by atoms with Gasteiger partial charge in [0.15, 0.2) is 0 Å². The van der Waals surface area contributed by atoms with Crippen molar-refractivity contribution in [1.29, 1.82) is 0 Å². The molecule has 1 nitrogen and oxygen atoms in total. The lowest BCUT2D eigenvalue weighted by atomic mass is 10.0. The molecular weight excluding hydrogens is 126 g/mol. The summed E-state index contributed by atoms with van der Waals surface area (Å²) in [6, 6.07) is 0. The fourth-order valence-corrected chi connectivity index (χ4v) is 0.482. The highest BCUT2D eigenvalue weighted by Crippen LogP contribution is 2.27. The van der Waals surface area contributed by atoms with Gasteiger partial charge in [0.05, 0.1) is 0 Å². The third kappa shape index (κ3) is 1.90. The van der Waals surface area contributed by atoms with E-state index in [1.54, 1.807) is 0 Å². The van der Waals surface area contributed by atoms with E-state index < -0.39 is 17.9 Å². The van der Waals surface area contributed by atoms with Gasteiger partial charge in [0.2, 0.25) is 0 Å². The van der Waals surface area contributed by atoms with Crippen molar-refractivity contribution in [2.24, 2.45) is 5.92 Å². The second kappa shape index (κ2) is 2.60. The SMILES string of the molecule is CC(C)C(F)(F)C(C)O. The highest BCUT2D eigenvalue weighted by atomic mass is 19.3. The van der Waals surface area contributed by atoms with Crippen LogP contribution >= 0.6 is 0 Å². The number of aliphatic hydroxyl groups excluding tert-OH is 1. The zero-order valence-electron chi connectivity index (χ0n) is 5.86. The van der Waals surface area contributed by atoms with Gasteiger partial charge < -0.3 is 5.11 Å². The van der Waals surface area contributed by atoms with Gasteiger partial charge in [-0.25, -0.2) is 8.78 Å². The molecule has 0 heterocycles. The summed E-state index contributed by atoms with van der Waals surface area (Å²) in [5, 5.41) is 8.50. The molecule has 0 aromatic rings. The van der Waals surface area contributed by atoms with E-state index in [0.717, 1.165) is 6.92 Å². The summed E-state index contributed by atoms with van der Waals surface area (Å²) >= 11 is 0. The van der Waals surface area contributed by atoms with E-state index in [9.17, 15) is 8.78 Å². The Labute approximate surface area is 53.7 Å². The Bertz CT molecular complexity index is 79.1. The maximum absolute atomic E-state index is 12.4. The van der Waals surface area contributed by atoms with Crippen molar-refractivity contribution in [2.75, 3.05) is 0 Å². The van der Waals surface area contributed by atoms with Crippen LogP contribution in [0.3, 0.4) is 0 Å². The first kappa shape index (κ1) is 8.82. The molecule has 0 radical (unpaired) electrons. The van der Waals surface area contributed by atoms with E-state index in [1.807, 2.05) is 0 Å². The molecule has 0 aromatic carbocycles. The minimum Gasteiger partial charge on any atom is -0.387 e. The summed E-state index contributed by atoms with van der Waals surface area (Å²) in [5.74, 6) is -3.74. The number of aliphatic hydroxyl groups is 1. The monoisotopic (exact) mass is 138 g/mol. The van der Waals surface area contributed by atoms with Crippen LogP contribution in [-0.2, 0) is 0 Å². The lowest BCUT2D eigenvalue weighted by molar-refractivity contribution is -0.131. The minimum absolute atomic E-state index is 0.794. The Balaban J connectivity index is 4.01. The van der Waals surface area contributed by atoms with Crippen molar-refractivity contribution < 1.29 is 13.9 Å². The fourth-order valence-electron chi connectivity index (χ4n) is 0.482. The molecule has 0 amide bonds. The van der Waals surface area contributed by atoms with Gasteiger partial charge in [-0.2, -0.15) is 0 Å². The highest BCUT2D eigenvalue weighted by Gasteiger charge is 2.38. The van der Waals surface area contributed by atoms with Crippen LogP contribution in [0, 0.1) is 5.92 Å². The topological polar surface area (TPSA) is 20.2 Å². The molecule has 1 N–H and O–H groups in total. The number of halogens is 2. The maximum atomic E-state index is 12.4. The van der Waals surface area contributed by atoms with Crippen LogP contribution in [0.1, 0.15) is 20.8 Å². The summed E-state index contributed by atoms with van der Waals surface area (Å²) < 4.78 is 24.8. The Morgan fingerprint density at radius 1 is 1.22 bits per heavy atom. The standard InChI is InChI=1S/C6H12F2O/c1-4(2)6(7,8)5(3)9/h4-5,9H,1-3H3. The largest absolute Gasteiger partial charge is 0.387 e. The number of hydrogen-bond donors (Lipinski definition) is 1. The first-order valence-electron chi connectivity index (χ1n) is 2.95. The predicted molar refractivity (Wildman–Crippen MR) is 31.5 cm³/mol. The molecule has 9 heavy (non-hydrogen) atoms. The van der Waals surface area contributed by atoms with Crippen LogP contribution in [0.15, 0.2) is 0 Å². The molecule has 1 unspecified atom stereocenters.